The van der Waals surface area contributed by atoms with Crippen LogP contribution >= 0.6 is 0 Å². The minimum atomic E-state index is -4.42. The number of ether oxygens (including phenoxy) is 2. The molecule has 122 valence electrons. The van der Waals surface area contributed by atoms with Gasteiger partial charge in [-0.1, -0.05) is 0 Å². The molecule has 0 aromatic carbocycles. The van der Waals surface area contributed by atoms with E-state index in [4.69, 9.17) is 4.74 Å². The summed E-state index contributed by atoms with van der Waals surface area (Å²) in [7, 11) is 0. The summed E-state index contributed by atoms with van der Waals surface area (Å²) in [5, 5.41) is 0. The quantitative estimate of drug-likeness (QED) is 0.858. The predicted octanol–water partition coefficient (Wildman–Crippen LogP) is 2.27. The van der Waals surface area contributed by atoms with E-state index < -0.39 is 12.8 Å². The fraction of sp³-hybridized carbons (Fsp3) is 0.571. The second kappa shape index (κ2) is 6.51. The molecule has 2 atom stereocenters. The third-order valence-corrected chi connectivity index (χ3v) is 3.07. The molecule has 0 aliphatic carbocycles. The Morgan fingerprint density at radius 1 is 1.36 bits per heavy atom. The summed E-state index contributed by atoms with van der Waals surface area (Å²) in [6.07, 6.45) is -3.32. The van der Waals surface area contributed by atoms with Crippen LogP contribution < -0.4 is 4.74 Å². The van der Waals surface area contributed by atoms with Gasteiger partial charge in [-0.15, -0.1) is 0 Å². The monoisotopic (exact) mass is 318 g/mol. The summed E-state index contributed by atoms with van der Waals surface area (Å²) < 4.78 is 46.2. The number of morpholine rings is 1. The highest BCUT2D eigenvalue weighted by Crippen LogP contribution is 2.18. The van der Waals surface area contributed by atoms with Crippen molar-refractivity contribution in [1.82, 2.24) is 9.88 Å². The fourth-order valence-corrected chi connectivity index (χ4v) is 2.27. The molecule has 1 fully saturated rings. The Morgan fingerprint density at radius 3 is 2.50 bits per heavy atom. The topological polar surface area (TPSA) is 51.7 Å². The van der Waals surface area contributed by atoms with Crippen molar-refractivity contribution in [2.24, 2.45) is 0 Å². The number of amides is 1. The number of halogens is 3. The third kappa shape index (κ3) is 4.59. The Hall–Kier alpha value is -1.83. The van der Waals surface area contributed by atoms with E-state index in [0.29, 0.717) is 18.7 Å². The molecule has 1 amide bonds. The number of carbonyl (C=O) groups excluding carboxylic acids is 1. The first kappa shape index (κ1) is 16.5. The number of alkyl halides is 3. The molecule has 0 spiro atoms. The Morgan fingerprint density at radius 2 is 2.00 bits per heavy atom. The fourth-order valence-electron chi connectivity index (χ4n) is 2.27. The van der Waals surface area contributed by atoms with E-state index in [2.05, 4.69) is 9.72 Å². The molecular formula is C14H17F3N2O3. The molecule has 1 aliphatic heterocycles. The van der Waals surface area contributed by atoms with Gasteiger partial charge < -0.3 is 14.4 Å². The smallest absolute Gasteiger partial charge is 0.422 e. The van der Waals surface area contributed by atoms with Crippen LogP contribution in [0, 0.1) is 0 Å². The third-order valence-electron chi connectivity index (χ3n) is 3.07. The van der Waals surface area contributed by atoms with Crippen molar-refractivity contribution in [1.29, 1.82) is 0 Å². The van der Waals surface area contributed by atoms with Crippen LogP contribution in [0.15, 0.2) is 18.3 Å². The average molecular weight is 318 g/mol. The zero-order valence-electron chi connectivity index (χ0n) is 12.3. The lowest BCUT2D eigenvalue weighted by molar-refractivity contribution is -0.154. The zero-order valence-corrected chi connectivity index (χ0v) is 12.3. The van der Waals surface area contributed by atoms with Crippen LogP contribution in [-0.2, 0) is 4.74 Å². The summed E-state index contributed by atoms with van der Waals surface area (Å²) >= 11 is 0. The van der Waals surface area contributed by atoms with Gasteiger partial charge in [-0.05, 0) is 19.9 Å². The molecule has 0 saturated carbocycles. The van der Waals surface area contributed by atoms with Gasteiger partial charge in [0.2, 0.25) is 5.88 Å². The first-order valence-corrected chi connectivity index (χ1v) is 6.85. The molecular weight excluding hydrogens is 301 g/mol. The number of hydrogen-bond donors (Lipinski definition) is 0. The molecule has 22 heavy (non-hydrogen) atoms. The van der Waals surface area contributed by atoms with E-state index in [-0.39, 0.29) is 24.0 Å². The van der Waals surface area contributed by atoms with E-state index in [0.717, 1.165) is 0 Å². The van der Waals surface area contributed by atoms with Crippen molar-refractivity contribution < 1.29 is 27.4 Å². The lowest BCUT2D eigenvalue weighted by Crippen LogP contribution is -2.48. The Bertz CT molecular complexity index is 509. The van der Waals surface area contributed by atoms with Crippen molar-refractivity contribution in [2.75, 3.05) is 19.7 Å². The molecule has 0 bridgehead atoms. The minimum absolute atomic E-state index is 0.0601. The van der Waals surface area contributed by atoms with Gasteiger partial charge in [-0.3, -0.25) is 4.79 Å². The zero-order chi connectivity index (χ0) is 16.3. The number of aromatic nitrogens is 1. The lowest BCUT2D eigenvalue weighted by Gasteiger charge is -2.35. The SMILES string of the molecule is C[C@@H]1CN(C(=O)c2ccc(OCC(F)(F)F)nc2)C[C@@H](C)O1. The van der Waals surface area contributed by atoms with Crippen molar-refractivity contribution in [3.05, 3.63) is 23.9 Å². The summed E-state index contributed by atoms with van der Waals surface area (Å²) in [4.78, 5) is 17.7. The van der Waals surface area contributed by atoms with Crippen LogP contribution in [0.3, 0.4) is 0 Å². The Balaban J connectivity index is 1.99. The molecule has 1 saturated heterocycles. The van der Waals surface area contributed by atoms with Crippen molar-refractivity contribution in [3.8, 4) is 5.88 Å². The van der Waals surface area contributed by atoms with Crippen LogP contribution in [0.25, 0.3) is 0 Å². The molecule has 1 aromatic rings. The minimum Gasteiger partial charge on any atom is -0.468 e. The van der Waals surface area contributed by atoms with Gasteiger partial charge in [-0.25, -0.2) is 4.98 Å². The first-order chi connectivity index (χ1) is 10.2. The van der Waals surface area contributed by atoms with Gasteiger partial charge in [0.25, 0.3) is 5.91 Å². The molecule has 1 aromatic heterocycles. The van der Waals surface area contributed by atoms with Crippen LogP contribution in [0.2, 0.25) is 0 Å². The number of nitrogens with zero attached hydrogens (tertiary/aromatic N) is 2. The van der Waals surface area contributed by atoms with Crippen molar-refractivity contribution in [2.45, 2.75) is 32.2 Å². The van der Waals surface area contributed by atoms with E-state index in [1.807, 2.05) is 13.8 Å². The predicted molar refractivity (Wildman–Crippen MR) is 71.7 cm³/mol. The van der Waals surface area contributed by atoms with Gasteiger partial charge in [0.1, 0.15) is 0 Å². The van der Waals surface area contributed by atoms with Crippen LogP contribution in [0.5, 0.6) is 5.88 Å². The van der Waals surface area contributed by atoms with Gasteiger partial charge in [0, 0.05) is 25.4 Å². The summed E-state index contributed by atoms with van der Waals surface area (Å²) in [6.45, 7) is 3.28. The number of rotatable bonds is 3. The maximum atomic E-state index is 12.3. The highest BCUT2D eigenvalue weighted by molar-refractivity contribution is 5.94. The summed E-state index contributed by atoms with van der Waals surface area (Å²) in [5.41, 5.74) is 0.306. The standard InChI is InChI=1S/C14H17F3N2O3/c1-9-6-19(7-10(2)22-9)13(20)11-3-4-12(18-5-11)21-8-14(15,16)17/h3-5,9-10H,6-8H2,1-2H3/t9-,10-/m1/s1. The van der Waals surface area contributed by atoms with Crippen LogP contribution in [0.1, 0.15) is 24.2 Å². The number of carbonyl (C=O) groups is 1. The van der Waals surface area contributed by atoms with E-state index >= 15 is 0 Å². The average Bonchev–Trinajstić information content (AvgIpc) is 2.43. The Kier molecular flexibility index (Phi) is 4.90. The second-order valence-electron chi connectivity index (χ2n) is 5.26. The molecule has 5 nitrogen and oxygen atoms in total. The maximum Gasteiger partial charge on any atom is 0.422 e. The van der Waals surface area contributed by atoms with Crippen LogP contribution in [-0.4, -0.2) is 53.9 Å². The highest BCUT2D eigenvalue weighted by Gasteiger charge is 2.29. The van der Waals surface area contributed by atoms with Gasteiger partial charge in [0.05, 0.1) is 17.8 Å². The second-order valence-corrected chi connectivity index (χ2v) is 5.26. The summed E-state index contributed by atoms with van der Waals surface area (Å²) in [6, 6.07) is 2.66. The molecule has 0 unspecified atom stereocenters. The lowest BCUT2D eigenvalue weighted by atomic mass is 10.2. The van der Waals surface area contributed by atoms with Crippen molar-refractivity contribution >= 4 is 5.91 Å². The van der Waals surface area contributed by atoms with Crippen LogP contribution in [0.4, 0.5) is 13.2 Å². The number of pyridine rings is 1. The molecule has 2 heterocycles. The van der Waals surface area contributed by atoms with Crippen molar-refractivity contribution in [3.63, 3.8) is 0 Å². The molecule has 1 aliphatic rings. The summed E-state index contributed by atoms with van der Waals surface area (Å²) in [5.74, 6) is -0.394. The van der Waals surface area contributed by atoms with E-state index in [1.165, 1.54) is 18.3 Å². The van der Waals surface area contributed by atoms with Gasteiger partial charge >= 0.3 is 6.18 Å². The Labute approximate surface area is 126 Å². The highest BCUT2D eigenvalue weighted by atomic mass is 19.4. The molecule has 2 rings (SSSR count). The normalized spacial score (nSPS) is 22.5. The first-order valence-electron chi connectivity index (χ1n) is 6.85. The largest absolute Gasteiger partial charge is 0.468 e. The van der Waals surface area contributed by atoms with Gasteiger partial charge in [0.15, 0.2) is 6.61 Å². The van der Waals surface area contributed by atoms with E-state index in [9.17, 15) is 18.0 Å². The maximum absolute atomic E-state index is 12.3. The molecule has 0 radical (unpaired) electrons. The van der Waals surface area contributed by atoms with Gasteiger partial charge in [-0.2, -0.15) is 13.2 Å². The molecule has 8 heteroatoms. The number of hydrogen-bond acceptors (Lipinski definition) is 4. The van der Waals surface area contributed by atoms with E-state index in [1.54, 1.807) is 4.90 Å². The molecule has 0 N–H and O–H groups in total.